The molecule has 19 heavy (non-hydrogen) atoms. The van der Waals surface area contributed by atoms with Crippen molar-refractivity contribution in [3.63, 3.8) is 0 Å². The van der Waals surface area contributed by atoms with E-state index < -0.39 is 0 Å². The van der Waals surface area contributed by atoms with Crippen molar-refractivity contribution in [1.29, 1.82) is 0 Å². The zero-order valence-electron chi connectivity index (χ0n) is 11.7. The van der Waals surface area contributed by atoms with Crippen LogP contribution in [0.2, 0.25) is 0 Å². The number of carbonyl (C=O) groups excluding carboxylic acids is 1. The number of halogens is 1. The Balaban J connectivity index is 2.09. The van der Waals surface area contributed by atoms with Gasteiger partial charge in [0.25, 0.3) is 0 Å². The standard InChI is InChI=1S/C16H22ClNO/c1-12(2)18(10-9-17)16(19)15-8-7-13-5-3-4-6-14(13)11-15/h3-6,12,15H,7-11H2,1-2H3. The maximum absolute atomic E-state index is 12.6. The second kappa shape index (κ2) is 6.42. The number of nitrogens with zero attached hydrogens (tertiary/aromatic N) is 1. The van der Waals surface area contributed by atoms with Crippen LogP contribution in [0, 0.1) is 5.92 Å². The quantitative estimate of drug-likeness (QED) is 0.775. The van der Waals surface area contributed by atoms with E-state index in [2.05, 4.69) is 38.1 Å². The minimum atomic E-state index is 0.125. The highest BCUT2D eigenvalue weighted by Crippen LogP contribution is 2.27. The molecule has 1 aliphatic carbocycles. The summed E-state index contributed by atoms with van der Waals surface area (Å²) in [4.78, 5) is 14.5. The van der Waals surface area contributed by atoms with Gasteiger partial charge in [0.2, 0.25) is 5.91 Å². The van der Waals surface area contributed by atoms with Crippen molar-refractivity contribution in [3.8, 4) is 0 Å². The SMILES string of the molecule is CC(C)N(CCCl)C(=O)C1CCc2ccccc2C1. The van der Waals surface area contributed by atoms with Crippen LogP contribution in [-0.4, -0.2) is 29.3 Å². The number of carbonyl (C=O) groups is 1. The van der Waals surface area contributed by atoms with E-state index >= 15 is 0 Å². The summed E-state index contributed by atoms with van der Waals surface area (Å²) < 4.78 is 0. The zero-order valence-corrected chi connectivity index (χ0v) is 12.5. The molecule has 1 atom stereocenters. The lowest BCUT2D eigenvalue weighted by Gasteiger charge is -2.32. The predicted octanol–water partition coefficient (Wildman–Crippen LogP) is 3.27. The lowest BCUT2D eigenvalue weighted by Crippen LogP contribution is -2.43. The van der Waals surface area contributed by atoms with E-state index in [-0.39, 0.29) is 17.9 Å². The normalized spacial score (nSPS) is 18.2. The molecular formula is C16H22ClNO. The van der Waals surface area contributed by atoms with Crippen molar-refractivity contribution >= 4 is 17.5 Å². The highest BCUT2D eigenvalue weighted by atomic mass is 35.5. The zero-order chi connectivity index (χ0) is 13.8. The Morgan fingerprint density at radius 3 is 2.68 bits per heavy atom. The average Bonchev–Trinajstić information content (AvgIpc) is 2.43. The van der Waals surface area contributed by atoms with Gasteiger partial charge in [0, 0.05) is 24.4 Å². The van der Waals surface area contributed by atoms with Gasteiger partial charge in [-0.15, -0.1) is 11.6 Å². The largest absolute Gasteiger partial charge is 0.339 e. The molecule has 1 amide bonds. The van der Waals surface area contributed by atoms with Gasteiger partial charge in [-0.3, -0.25) is 4.79 Å². The molecule has 104 valence electrons. The van der Waals surface area contributed by atoms with Crippen molar-refractivity contribution < 1.29 is 4.79 Å². The van der Waals surface area contributed by atoms with E-state index in [0.717, 1.165) is 19.3 Å². The van der Waals surface area contributed by atoms with E-state index in [9.17, 15) is 4.79 Å². The minimum Gasteiger partial charge on any atom is -0.339 e. The third-order valence-electron chi connectivity index (χ3n) is 3.93. The maximum Gasteiger partial charge on any atom is 0.226 e. The molecule has 3 heteroatoms. The minimum absolute atomic E-state index is 0.125. The Morgan fingerprint density at radius 1 is 1.37 bits per heavy atom. The summed E-state index contributed by atoms with van der Waals surface area (Å²) in [5, 5.41) is 0. The van der Waals surface area contributed by atoms with Gasteiger partial charge < -0.3 is 4.90 Å². The van der Waals surface area contributed by atoms with Crippen LogP contribution >= 0.6 is 11.6 Å². The first-order chi connectivity index (χ1) is 9.13. The molecule has 1 aromatic rings. The van der Waals surface area contributed by atoms with Gasteiger partial charge in [0.15, 0.2) is 0 Å². The number of amides is 1. The molecule has 0 aliphatic heterocycles. The lowest BCUT2D eigenvalue weighted by atomic mass is 9.83. The van der Waals surface area contributed by atoms with Gasteiger partial charge in [-0.1, -0.05) is 24.3 Å². The predicted molar refractivity (Wildman–Crippen MR) is 79.5 cm³/mol. The Bertz CT molecular complexity index is 444. The van der Waals surface area contributed by atoms with E-state index in [1.807, 2.05) is 4.90 Å². The third-order valence-corrected chi connectivity index (χ3v) is 4.10. The number of hydrogen-bond donors (Lipinski definition) is 0. The summed E-state index contributed by atoms with van der Waals surface area (Å²) in [6.45, 7) is 4.76. The van der Waals surface area contributed by atoms with Crippen LogP contribution in [0.3, 0.4) is 0 Å². The van der Waals surface area contributed by atoms with E-state index in [1.165, 1.54) is 11.1 Å². The fraction of sp³-hybridized carbons (Fsp3) is 0.562. The Hall–Kier alpha value is -1.02. The highest BCUT2D eigenvalue weighted by Gasteiger charge is 2.29. The van der Waals surface area contributed by atoms with Gasteiger partial charge in [-0.2, -0.15) is 0 Å². The van der Waals surface area contributed by atoms with Crippen molar-refractivity contribution in [2.75, 3.05) is 12.4 Å². The van der Waals surface area contributed by atoms with Crippen molar-refractivity contribution in [2.24, 2.45) is 5.92 Å². The topological polar surface area (TPSA) is 20.3 Å². The van der Waals surface area contributed by atoms with Crippen molar-refractivity contribution in [3.05, 3.63) is 35.4 Å². The Kier molecular flexibility index (Phi) is 4.87. The number of benzene rings is 1. The molecule has 1 aromatic carbocycles. The van der Waals surface area contributed by atoms with Gasteiger partial charge in [-0.25, -0.2) is 0 Å². The third kappa shape index (κ3) is 3.30. The fourth-order valence-electron chi connectivity index (χ4n) is 2.86. The van der Waals surface area contributed by atoms with Crippen LogP contribution in [0.4, 0.5) is 0 Å². The second-order valence-corrected chi connectivity index (χ2v) is 5.90. The number of fused-ring (bicyclic) bond motifs is 1. The van der Waals surface area contributed by atoms with Crippen LogP contribution in [0.15, 0.2) is 24.3 Å². The summed E-state index contributed by atoms with van der Waals surface area (Å²) in [7, 11) is 0. The van der Waals surface area contributed by atoms with Crippen LogP contribution in [0.1, 0.15) is 31.4 Å². The highest BCUT2D eigenvalue weighted by molar-refractivity contribution is 6.18. The van der Waals surface area contributed by atoms with E-state index in [1.54, 1.807) is 0 Å². The van der Waals surface area contributed by atoms with E-state index in [0.29, 0.717) is 12.4 Å². The van der Waals surface area contributed by atoms with E-state index in [4.69, 9.17) is 11.6 Å². The summed E-state index contributed by atoms with van der Waals surface area (Å²) in [6.07, 6.45) is 2.85. The van der Waals surface area contributed by atoms with Gasteiger partial charge in [0.1, 0.15) is 0 Å². The molecule has 1 unspecified atom stereocenters. The number of hydrogen-bond acceptors (Lipinski definition) is 1. The number of aryl methyl sites for hydroxylation is 1. The molecule has 0 fully saturated rings. The second-order valence-electron chi connectivity index (χ2n) is 5.52. The fourth-order valence-corrected chi connectivity index (χ4v) is 3.04. The molecule has 0 aromatic heterocycles. The first-order valence-electron chi connectivity index (χ1n) is 7.06. The van der Waals surface area contributed by atoms with Crippen LogP contribution in [-0.2, 0) is 17.6 Å². The molecule has 0 saturated carbocycles. The van der Waals surface area contributed by atoms with Crippen molar-refractivity contribution in [1.82, 2.24) is 4.90 Å². The molecule has 0 N–H and O–H groups in total. The summed E-state index contributed by atoms with van der Waals surface area (Å²) >= 11 is 5.81. The summed E-state index contributed by atoms with van der Waals surface area (Å²) in [5.41, 5.74) is 2.74. The van der Waals surface area contributed by atoms with Crippen LogP contribution in [0.25, 0.3) is 0 Å². The molecule has 0 bridgehead atoms. The molecular weight excluding hydrogens is 258 g/mol. The molecule has 2 nitrogen and oxygen atoms in total. The number of rotatable bonds is 4. The molecule has 1 aliphatic rings. The maximum atomic E-state index is 12.6. The van der Waals surface area contributed by atoms with Crippen LogP contribution in [0.5, 0.6) is 0 Å². The van der Waals surface area contributed by atoms with Crippen LogP contribution < -0.4 is 0 Å². The molecule has 0 heterocycles. The van der Waals surface area contributed by atoms with Gasteiger partial charge in [0.05, 0.1) is 0 Å². The average molecular weight is 280 g/mol. The summed E-state index contributed by atoms with van der Waals surface area (Å²) in [6, 6.07) is 8.69. The number of alkyl halides is 1. The van der Waals surface area contributed by atoms with Gasteiger partial charge in [-0.05, 0) is 44.2 Å². The molecule has 2 rings (SSSR count). The summed E-state index contributed by atoms with van der Waals surface area (Å²) in [5.74, 6) is 0.901. The van der Waals surface area contributed by atoms with Gasteiger partial charge >= 0.3 is 0 Å². The molecule has 0 saturated heterocycles. The van der Waals surface area contributed by atoms with Crippen molar-refractivity contribution in [2.45, 2.75) is 39.2 Å². The lowest BCUT2D eigenvalue weighted by molar-refractivity contribution is -0.137. The smallest absolute Gasteiger partial charge is 0.226 e. The molecule has 0 radical (unpaired) electrons. The Labute approximate surface area is 120 Å². The molecule has 0 spiro atoms. The monoisotopic (exact) mass is 279 g/mol. The first-order valence-corrected chi connectivity index (χ1v) is 7.60. The Morgan fingerprint density at radius 2 is 2.05 bits per heavy atom. The first kappa shape index (κ1) is 14.4.